The van der Waals surface area contributed by atoms with E-state index in [0.717, 1.165) is 11.0 Å². The van der Waals surface area contributed by atoms with Crippen molar-refractivity contribution in [3.8, 4) is 0 Å². The number of fused-ring (bicyclic) bond motifs is 1. The summed E-state index contributed by atoms with van der Waals surface area (Å²) in [5.74, 6) is 0.00112. The Morgan fingerprint density at radius 2 is 1.83 bits per heavy atom. The first-order valence-corrected chi connectivity index (χ1v) is 5.97. The Labute approximate surface area is 109 Å². The standard InChI is InChI=1S/C14H10N2OS/c17-13(9-4-2-1-3-5-9)10-6-7-11-12(8-10)16-14(18)15-11/h1-8H,(H2,15,16,18). The lowest BCUT2D eigenvalue weighted by Gasteiger charge is -2.00. The van der Waals surface area contributed by atoms with Crippen molar-refractivity contribution in [2.45, 2.75) is 5.16 Å². The molecule has 18 heavy (non-hydrogen) atoms. The Kier molecular flexibility index (Phi) is 2.64. The summed E-state index contributed by atoms with van der Waals surface area (Å²) in [7, 11) is 0. The summed E-state index contributed by atoms with van der Waals surface area (Å²) in [6.07, 6.45) is 0. The minimum atomic E-state index is 0.00112. The number of carbonyl (C=O) groups is 1. The predicted octanol–water partition coefficient (Wildman–Crippen LogP) is 3.08. The van der Waals surface area contributed by atoms with Gasteiger partial charge in [-0.25, -0.2) is 4.98 Å². The lowest BCUT2D eigenvalue weighted by Crippen LogP contribution is -2.00. The summed E-state index contributed by atoms with van der Waals surface area (Å²) in [6.45, 7) is 0. The molecule has 0 radical (unpaired) electrons. The van der Waals surface area contributed by atoms with E-state index in [-0.39, 0.29) is 5.78 Å². The number of aromatic amines is 1. The first-order valence-electron chi connectivity index (χ1n) is 5.52. The number of nitrogens with zero attached hydrogens (tertiary/aromatic N) is 1. The number of hydrogen-bond acceptors (Lipinski definition) is 3. The highest BCUT2D eigenvalue weighted by Gasteiger charge is 2.10. The summed E-state index contributed by atoms with van der Waals surface area (Å²) in [5, 5.41) is 0.550. The SMILES string of the molecule is O=C(c1ccccc1)c1ccc2[nH]c(S)nc2c1. The molecule has 88 valence electrons. The van der Waals surface area contributed by atoms with Gasteiger partial charge in [0.15, 0.2) is 10.9 Å². The van der Waals surface area contributed by atoms with E-state index < -0.39 is 0 Å². The normalized spacial score (nSPS) is 10.7. The van der Waals surface area contributed by atoms with Gasteiger partial charge in [-0.05, 0) is 18.2 Å². The van der Waals surface area contributed by atoms with Crippen LogP contribution in [0.25, 0.3) is 11.0 Å². The van der Waals surface area contributed by atoms with E-state index in [1.807, 2.05) is 24.3 Å². The zero-order valence-corrected chi connectivity index (χ0v) is 10.3. The maximum atomic E-state index is 12.2. The molecular weight excluding hydrogens is 244 g/mol. The number of carbonyl (C=O) groups excluding carboxylic acids is 1. The zero-order chi connectivity index (χ0) is 12.5. The van der Waals surface area contributed by atoms with Gasteiger partial charge in [0.2, 0.25) is 0 Å². The third-order valence-electron chi connectivity index (χ3n) is 2.77. The minimum Gasteiger partial charge on any atom is -0.333 e. The second-order valence-corrected chi connectivity index (χ2v) is 4.41. The Bertz CT molecular complexity index is 719. The van der Waals surface area contributed by atoms with Crippen molar-refractivity contribution in [3.63, 3.8) is 0 Å². The number of rotatable bonds is 2. The first-order chi connectivity index (χ1) is 8.74. The van der Waals surface area contributed by atoms with Crippen LogP contribution in [0, 0.1) is 0 Å². The molecule has 0 bridgehead atoms. The molecule has 0 unspecified atom stereocenters. The Hall–Kier alpha value is -2.07. The number of ketones is 1. The van der Waals surface area contributed by atoms with E-state index >= 15 is 0 Å². The minimum absolute atomic E-state index is 0.00112. The fourth-order valence-corrected chi connectivity index (χ4v) is 2.12. The second-order valence-electron chi connectivity index (χ2n) is 3.99. The van der Waals surface area contributed by atoms with E-state index in [1.54, 1.807) is 24.3 Å². The summed E-state index contributed by atoms with van der Waals surface area (Å²) >= 11 is 4.15. The summed E-state index contributed by atoms with van der Waals surface area (Å²) in [6, 6.07) is 14.6. The van der Waals surface area contributed by atoms with E-state index in [4.69, 9.17) is 0 Å². The predicted molar refractivity (Wildman–Crippen MR) is 73.2 cm³/mol. The molecule has 2 aromatic carbocycles. The van der Waals surface area contributed by atoms with Gasteiger partial charge in [-0.2, -0.15) is 0 Å². The van der Waals surface area contributed by atoms with Crippen molar-refractivity contribution < 1.29 is 4.79 Å². The van der Waals surface area contributed by atoms with Crippen LogP contribution in [0.2, 0.25) is 0 Å². The zero-order valence-electron chi connectivity index (χ0n) is 9.42. The number of benzene rings is 2. The number of thiol groups is 1. The average molecular weight is 254 g/mol. The lowest BCUT2D eigenvalue weighted by atomic mass is 10.0. The van der Waals surface area contributed by atoms with Crippen LogP contribution in [0.4, 0.5) is 0 Å². The van der Waals surface area contributed by atoms with Crippen LogP contribution in [0.15, 0.2) is 53.7 Å². The fourth-order valence-electron chi connectivity index (χ4n) is 1.89. The van der Waals surface area contributed by atoms with Crippen LogP contribution in [0.3, 0.4) is 0 Å². The molecule has 0 aliphatic heterocycles. The van der Waals surface area contributed by atoms with Gasteiger partial charge in [0.25, 0.3) is 0 Å². The average Bonchev–Trinajstić information content (AvgIpc) is 2.78. The van der Waals surface area contributed by atoms with Crippen LogP contribution in [-0.4, -0.2) is 15.8 Å². The molecule has 3 aromatic rings. The molecule has 0 saturated heterocycles. The molecular formula is C14H10N2OS. The molecule has 0 amide bonds. The molecule has 3 rings (SSSR count). The number of aromatic nitrogens is 2. The molecule has 1 heterocycles. The number of imidazole rings is 1. The van der Waals surface area contributed by atoms with Gasteiger partial charge in [-0.3, -0.25) is 4.79 Å². The molecule has 0 aliphatic rings. The van der Waals surface area contributed by atoms with Crippen LogP contribution in [0.5, 0.6) is 0 Å². The van der Waals surface area contributed by atoms with Crippen molar-refractivity contribution >= 4 is 29.4 Å². The Morgan fingerprint density at radius 3 is 2.61 bits per heavy atom. The number of hydrogen-bond donors (Lipinski definition) is 2. The molecule has 0 fully saturated rings. The van der Waals surface area contributed by atoms with Gasteiger partial charge in [0, 0.05) is 11.1 Å². The molecule has 0 atom stereocenters. The quantitative estimate of drug-likeness (QED) is 0.545. The first kappa shape index (κ1) is 11.0. The van der Waals surface area contributed by atoms with E-state index in [2.05, 4.69) is 22.6 Å². The lowest BCUT2D eigenvalue weighted by molar-refractivity contribution is 0.103. The smallest absolute Gasteiger partial charge is 0.193 e. The molecule has 3 nitrogen and oxygen atoms in total. The van der Waals surface area contributed by atoms with Gasteiger partial charge in [0.1, 0.15) is 0 Å². The van der Waals surface area contributed by atoms with Crippen molar-refractivity contribution in [1.29, 1.82) is 0 Å². The largest absolute Gasteiger partial charge is 0.333 e. The number of H-pyrrole nitrogens is 1. The van der Waals surface area contributed by atoms with Crippen LogP contribution in [0.1, 0.15) is 15.9 Å². The van der Waals surface area contributed by atoms with Crippen LogP contribution in [-0.2, 0) is 0 Å². The van der Waals surface area contributed by atoms with Crippen molar-refractivity contribution in [2.24, 2.45) is 0 Å². The van der Waals surface area contributed by atoms with Crippen molar-refractivity contribution in [2.75, 3.05) is 0 Å². The molecule has 0 saturated carbocycles. The van der Waals surface area contributed by atoms with Gasteiger partial charge in [-0.1, -0.05) is 30.3 Å². The van der Waals surface area contributed by atoms with Crippen LogP contribution >= 0.6 is 12.6 Å². The van der Waals surface area contributed by atoms with Gasteiger partial charge in [0.05, 0.1) is 11.0 Å². The maximum absolute atomic E-state index is 12.2. The van der Waals surface area contributed by atoms with E-state index in [1.165, 1.54) is 0 Å². The van der Waals surface area contributed by atoms with Crippen molar-refractivity contribution in [1.82, 2.24) is 9.97 Å². The molecule has 1 N–H and O–H groups in total. The molecule has 1 aromatic heterocycles. The van der Waals surface area contributed by atoms with Gasteiger partial charge < -0.3 is 4.98 Å². The highest BCUT2D eigenvalue weighted by Crippen LogP contribution is 2.17. The Morgan fingerprint density at radius 1 is 1.06 bits per heavy atom. The third-order valence-corrected chi connectivity index (χ3v) is 2.98. The molecule has 4 heteroatoms. The highest BCUT2D eigenvalue weighted by atomic mass is 32.1. The van der Waals surface area contributed by atoms with E-state index in [9.17, 15) is 4.79 Å². The van der Waals surface area contributed by atoms with Crippen molar-refractivity contribution in [3.05, 3.63) is 59.7 Å². The molecule has 0 aliphatic carbocycles. The van der Waals surface area contributed by atoms with E-state index in [0.29, 0.717) is 16.3 Å². The monoisotopic (exact) mass is 254 g/mol. The highest BCUT2D eigenvalue weighted by molar-refractivity contribution is 7.80. The second kappa shape index (κ2) is 4.31. The maximum Gasteiger partial charge on any atom is 0.193 e. The third kappa shape index (κ3) is 1.91. The summed E-state index contributed by atoms with van der Waals surface area (Å²) in [4.78, 5) is 19.5. The van der Waals surface area contributed by atoms with Gasteiger partial charge >= 0.3 is 0 Å². The molecule has 0 spiro atoms. The topological polar surface area (TPSA) is 45.8 Å². The Balaban J connectivity index is 2.06. The summed E-state index contributed by atoms with van der Waals surface area (Å²) < 4.78 is 0. The summed E-state index contributed by atoms with van der Waals surface area (Å²) in [5.41, 5.74) is 2.94. The van der Waals surface area contributed by atoms with Crippen LogP contribution < -0.4 is 0 Å². The fraction of sp³-hybridized carbons (Fsp3) is 0. The van der Waals surface area contributed by atoms with Gasteiger partial charge in [-0.15, -0.1) is 12.6 Å². The number of nitrogens with one attached hydrogen (secondary N) is 1.